The summed E-state index contributed by atoms with van der Waals surface area (Å²) in [7, 11) is 0. The predicted octanol–water partition coefficient (Wildman–Crippen LogP) is 1.75. The van der Waals surface area contributed by atoms with Gasteiger partial charge < -0.3 is 7.43 Å². The molecule has 1 heteroatoms. The zero-order valence-corrected chi connectivity index (χ0v) is 6.35. The molecule has 0 aromatic carbocycles. The van der Waals surface area contributed by atoms with Gasteiger partial charge in [-0.25, -0.2) is 12.2 Å². The summed E-state index contributed by atoms with van der Waals surface area (Å²) in [6.07, 6.45) is 10.0. The quantitative estimate of drug-likeness (QED) is 0.389. The molecule has 38 valence electrons. The maximum Gasteiger partial charge on any atom is 2.00 e. The minimum absolute atomic E-state index is 0. The molecule has 0 radical (unpaired) electrons. The summed E-state index contributed by atoms with van der Waals surface area (Å²) >= 11 is 0. The zero-order valence-electron chi connectivity index (χ0n) is 4.35. The number of allylic oxidation sites excluding steroid dienone is 4. The third-order valence-electron chi connectivity index (χ3n) is 0.586. The molecule has 0 atom stereocenters. The standard InChI is InChI=1S/C5H5.CH3.Mo/c1-2-4-5-3-1;;/h1-3H,4H2;1H3;/q2*-1;+2. The second kappa shape index (κ2) is 6.17. The molecule has 0 unspecified atom stereocenters. The van der Waals surface area contributed by atoms with Crippen LogP contribution in [-0.2, 0) is 21.1 Å². The van der Waals surface area contributed by atoms with E-state index in [0.29, 0.717) is 0 Å². The predicted molar refractivity (Wildman–Crippen MR) is 28.0 cm³/mol. The van der Waals surface area contributed by atoms with E-state index >= 15 is 0 Å². The van der Waals surface area contributed by atoms with Gasteiger partial charge in [0, 0.05) is 0 Å². The van der Waals surface area contributed by atoms with E-state index in [2.05, 4.69) is 12.2 Å². The minimum Gasteiger partial charge on any atom is -0.358 e. The molecule has 0 heterocycles. The van der Waals surface area contributed by atoms with E-state index in [4.69, 9.17) is 0 Å². The first-order valence-corrected chi connectivity index (χ1v) is 1.72. The molecule has 0 amide bonds. The van der Waals surface area contributed by atoms with E-state index in [1.807, 2.05) is 12.2 Å². The normalized spacial score (nSPS) is 12.6. The first-order valence-electron chi connectivity index (χ1n) is 1.72. The van der Waals surface area contributed by atoms with Crippen molar-refractivity contribution in [1.29, 1.82) is 0 Å². The number of rotatable bonds is 0. The maximum absolute atomic E-state index is 2.99. The first-order chi connectivity index (χ1) is 2.50. The Balaban J connectivity index is 0. The maximum atomic E-state index is 2.99. The van der Waals surface area contributed by atoms with E-state index in [0.717, 1.165) is 6.42 Å². The van der Waals surface area contributed by atoms with Crippen molar-refractivity contribution in [2.45, 2.75) is 6.42 Å². The van der Waals surface area contributed by atoms with Gasteiger partial charge in [-0.1, -0.05) is 0 Å². The summed E-state index contributed by atoms with van der Waals surface area (Å²) in [6.45, 7) is 0. The monoisotopic (exact) mass is 178 g/mol. The van der Waals surface area contributed by atoms with Crippen LogP contribution in [0, 0.1) is 13.5 Å². The fourth-order valence-electron chi connectivity index (χ4n) is 0.340. The smallest absolute Gasteiger partial charge is 0.358 e. The summed E-state index contributed by atoms with van der Waals surface area (Å²) in [6, 6.07) is 0. The molecule has 0 spiro atoms. The Labute approximate surface area is 59.6 Å². The summed E-state index contributed by atoms with van der Waals surface area (Å²) in [5.41, 5.74) is 0. The Hall–Kier alpha value is 0.168. The van der Waals surface area contributed by atoms with Gasteiger partial charge in [0.15, 0.2) is 0 Å². The first kappa shape index (κ1) is 10.2. The molecule has 0 nitrogen and oxygen atoms in total. The van der Waals surface area contributed by atoms with Crippen LogP contribution < -0.4 is 0 Å². The average molecular weight is 176 g/mol. The SMILES string of the molecule is [C-]1=CC=CC1.[CH3-].[Mo+2]. The second-order valence-electron chi connectivity index (χ2n) is 1.00. The van der Waals surface area contributed by atoms with Crippen LogP contribution in [0.25, 0.3) is 0 Å². The van der Waals surface area contributed by atoms with Gasteiger partial charge in [0.05, 0.1) is 0 Å². The molecule has 0 fully saturated rings. The topological polar surface area (TPSA) is 0 Å². The Bertz CT molecular complexity index is 62.2. The molecule has 1 rings (SSSR count). The van der Waals surface area contributed by atoms with Crippen molar-refractivity contribution in [3.8, 4) is 0 Å². The minimum atomic E-state index is 0. The molecule has 0 aromatic rings. The summed E-state index contributed by atoms with van der Waals surface area (Å²) < 4.78 is 0. The van der Waals surface area contributed by atoms with Crippen molar-refractivity contribution in [3.05, 3.63) is 31.7 Å². The van der Waals surface area contributed by atoms with Gasteiger partial charge in [-0.05, 0) is 0 Å². The van der Waals surface area contributed by atoms with E-state index in [1.165, 1.54) is 0 Å². The van der Waals surface area contributed by atoms with Crippen molar-refractivity contribution in [2.24, 2.45) is 0 Å². The largest absolute Gasteiger partial charge is 2.00 e. The molecule has 1 aliphatic rings. The van der Waals surface area contributed by atoms with Crippen molar-refractivity contribution in [1.82, 2.24) is 0 Å². The molecular formula is C6H8Mo. The Morgan fingerprint density at radius 2 is 2.14 bits per heavy atom. The van der Waals surface area contributed by atoms with E-state index < -0.39 is 0 Å². The van der Waals surface area contributed by atoms with Crippen LogP contribution in [0.5, 0.6) is 0 Å². The molecule has 0 N–H and O–H groups in total. The fourth-order valence-corrected chi connectivity index (χ4v) is 0.340. The average Bonchev–Trinajstić information content (AvgIpc) is 1.76. The van der Waals surface area contributed by atoms with Crippen LogP contribution in [0.4, 0.5) is 0 Å². The molecule has 0 saturated carbocycles. The van der Waals surface area contributed by atoms with Crippen LogP contribution in [0.15, 0.2) is 18.2 Å². The van der Waals surface area contributed by atoms with Crippen LogP contribution in [0.1, 0.15) is 6.42 Å². The van der Waals surface area contributed by atoms with Gasteiger partial charge >= 0.3 is 21.1 Å². The third kappa shape index (κ3) is 4.01. The molecular weight excluding hydrogens is 168 g/mol. The van der Waals surface area contributed by atoms with Crippen molar-refractivity contribution in [3.63, 3.8) is 0 Å². The molecule has 0 aromatic heterocycles. The van der Waals surface area contributed by atoms with Crippen LogP contribution >= 0.6 is 0 Å². The summed E-state index contributed by atoms with van der Waals surface area (Å²) in [5.74, 6) is 0. The third-order valence-corrected chi connectivity index (χ3v) is 0.586. The van der Waals surface area contributed by atoms with Gasteiger partial charge in [0.2, 0.25) is 0 Å². The zero-order chi connectivity index (χ0) is 3.54. The van der Waals surface area contributed by atoms with Gasteiger partial charge in [0.25, 0.3) is 0 Å². The van der Waals surface area contributed by atoms with Gasteiger partial charge in [-0.3, -0.25) is 6.08 Å². The van der Waals surface area contributed by atoms with Crippen molar-refractivity contribution >= 4 is 0 Å². The Kier molecular flexibility index (Phi) is 9.00. The van der Waals surface area contributed by atoms with E-state index in [9.17, 15) is 0 Å². The van der Waals surface area contributed by atoms with Crippen molar-refractivity contribution < 1.29 is 21.1 Å². The number of hydrogen-bond donors (Lipinski definition) is 0. The van der Waals surface area contributed by atoms with Gasteiger partial charge in [-0.2, -0.15) is 6.08 Å². The Morgan fingerprint density at radius 1 is 1.43 bits per heavy atom. The van der Waals surface area contributed by atoms with Gasteiger partial charge in [0.1, 0.15) is 0 Å². The molecule has 0 saturated heterocycles. The second-order valence-corrected chi connectivity index (χ2v) is 1.00. The summed E-state index contributed by atoms with van der Waals surface area (Å²) in [4.78, 5) is 0. The number of hydrogen-bond acceptors (Lipinski definition) is 0. The molecule has 7 heavy (non-hydrogen) atoms. The Morgan fingerprint density at radius 3 is 2.29 bits per heavy atom. The molecule has 0 bridgehead atoms. The molecule has 1 aliphatic carbocycles. The van der Waals surface area contributed by atoms with Crippen LogP contribution in [0.2, 0.25) is 0 Å². The van der Waals surface area contributed by atoms with Crippen LogP contribution in [-0.4, -0.2) is 0 Å². The van der Waals surface area contributed by atoms with E-state index in [1.54, 1.807) is 0 Å². The van der Waals surface area contributed by atoms with Crippen molar-refractivity contribution in [2.75, 3.05) is 0 Å². The van der Waals surface area contributed by atoms with E-state index in [-0.39, 0.29) is 28.5 Å². The molecule has 0 aliphatic heterocycles. The fraction of sp³-hybridized carbons (Fsp3) is 0.167. The van der Waals surface area contributed by atoms with Gasteiger partial charge in [-0.15, -0.1) is 6.42 Å². The van der Waals surface area contributed by atoms with Crippen LogP contribution in [0.3, 0.4) is 0 Å². The summed E-state index contributed by atoms with van der Waals surface area (Å²) in [5, 5.41) is 0.